The minimum Gasteiger partial charge on any atom is -0.444 e. The lowest BCUT2D eigenvalue weighted by Gasteiger charge is -2.19. The zero-order valence-electron chi connectivity index (χ0n) is 10.8. The van der Waals surface area contributed by atoms with E-state index < -0.39 is 11.7 Å². The van der Waals surface area contributed by atoms with Crippen molar-refractivity contribution in [2.45, 2.75) is 39.7 Å². The number of nitrogens with one attached hydrogen (secondary N) is 2. The van der Waals surface area contributed by atoms with Gasteiger partial charge in [-0.05, 0) is 27.7 Å². The molecule has 6 heteroatoms. The first-order valence-electron chi connectivity index (χ1n) is 5.43. The van der Waals surface area contributed by atoms with Gasteiger partial charge in [-0.25, -0.2) is 4.79 Å². The van der Waals surface area contributed by atoms with E-state index in [1.54, 1.807) is 20.8 Å². The van der Waals surface area contributed by atoms with E-state index in [4.69, 9.17) is 4.74 Å². The molecule has 0 aliphatic carbocycles. The minimum absolute atomic E-state index is 0.133. The fraction of sp³-hybridized carbons (Fsp3) is 0.727. The van der Waals surface area contributed by atoms with Crippen molar-refractivity contribution in [3.63, 3.8) is 0 Å². The quantitative estimate of drug-likeness (QED) is 0.548. The summed E-state index contributed by atoms with van der Waals surface area (Å²) in [6, 6.07) is 0. The molecule has 2 N–H and O–H groups in total. The number of rotatable bonds is 5. The molecule has 98 valence electrons. The summed E-state index contributed by atoms with van der Waals surface area (Å²) in [5.41, 5.74) is -0.540. The molecule has 17 heavy (non-hydrogen) atoms. The van der Waals surface area contributed by atoms with Crippen molar-refractivity contribution in [3.05, 3.63) is 0 Å². The lowest BCUT2D eigenvalue weighted by molar-refractivity contribution is -0.127. The van der Waals surface area contributed by atoms with Gasteiger partial charge in [0.05, 0.1) is 6.42 Å². The van der Waals surface area contributed by atoms with Gasteiger partial charge in [0.2, 0.25) is 5.91 Å². The fourth-order valence-corrected chi connectivity index (χ4v) is 0.969. The summed E-state index contributed by atoms with van der Waals surface area (Å²) in [5, 5.41) is 4.99. The van der Waals surface area contributed by atoms with Gasteiger partial charge in [-0.15, -0.1) is 0 Å². The number of hydrogen-bond acceptors (Lipinski definition) is 4. The first-order chi connectivity index (χ1) is 7.70. The second-order valence-electron chi connectivity index (χ2n) is 4.66. The third-order valence-electron chi connectivity index (χ3n) is 1.52. The van der Waals surface area contributed by atoms with Crippen LogP contribution >= 0.6 is 0 Å². The Kier molecular flexibility index (Phi) is 6.23. The summed E-state index contributed by atoms with van der Waals surface area (Å²) in [7, 11) is 0. The second kappa shape index (κ2) is 6.88. The van der Waals surface area contributed by atoms with Crippen LogP contribution in [0.1, 0.15) is 34.1 Å². The van der Waals surface area contributed by atoms with E-state index >= 15 is 0 Å². The highest BCUT2D eigenvalue weighted by atomic mass is 16.6. The fourth-order valence-electron chi connectivity index (χ4n) is 0.969. The number of hydrogen-bond donors (Lipinski definition) is 2. The molecule has 2 amide bonds. The van der Waals surface area contributed by atoms with Gasteiger partial charge in [0.1, 0.15) is 11.4 Å². The predicted octanol–water partition coefficient (Wildman–Crippen LogP) is 0.606. The average Bonchev–Trinajstić information content (AvgIpc) is 2.08. The molecular formula is C11H20N2O4. The zero-order chi connectivity index (χ0) is 13.5. The van der Waals surface area contributed by atoms with Crippen molar-refractivity contribution in [3.8, 4) is 0 Å². The van der Waals surface area contributed by atoms with E-state index in [0.717, 1.165) is 0 Å². The highest BCUT2D eigenvalue weighted by Gasteiger charge is 2.15. The number of ether oxygens (including phenoxy) is 1. The van der Waals surface area contributed by atoms with Crippen molar-refractivity contribution < 1.29 is 19.1 Å². The van der Waals surface area contributed by atoms with Crippen LogP contribution in [0.2, 0.25) is 0 Å². The number of carbonyl (C=O) groups is 3. The summed E-state index contributed by atoms with van der Waals surface area (Å²) in [5.74, 6) is -0.536. The van der Waals surface area contributed by atoms with Crippen LogP contribution in [0.5, 0.6) is 0 Å². The molecule has 0 saturated carbocycles. The van der Waals surface area contributed by atoms with Crippen LogP contribution in [0, 0.1) is 0 Å². The van der Waals surface area contributed by atoms with E-state index in [2.05, 4.69) is 10.6 Å². The second-order valence-corrected chi connectivity index (χ2v) is 4.66. The largest absolute Gasteiger partial charge is 0.444 e. The Morgan fingerprint density at radius 2 is 1.59 bits per heavy atom. The zero-order valence-corrected chi connectivity index (χ0v) is 10.8. The van der Waals surface area contributed by atoms with Crippen molar-refractivity contribution >= 4 is 17.8 Å². The van der Waals surface area contributed by atoms with Crippen LogP contribution in [0.15, 0.2) is 0 Å². The van der Waals surface area contributed by atoms with E-state index in [1.165, 1.54) is 6.92 Å². The van der Waals surface area contributed by atoms with Gasteiger partial charge in [0.25, 0.3) is 0 Å². The Balaban J connectivity index is 3.61. The molecule has 0 aromatic heterocycles. The predicted molar refractivity (Wildman–Crippen MR) is 62.5 cm³/mol. The van der Waals surface area contributed by atoms with Crippen molar-refractivity contribution in [2.24, 2.45) is 0 Å². The van der Waals surface area contributed by atoms with Gasteiger partial charge in [0.15, 0.2) is 0 Å². The van der Waals surface area contributed by atoms with Gasteiger partial charge in [-0.2, -0.15) is 0 Å². The van der Waals surface area contributed by atoms with Crippen molar-refractivity contribution in [2.75, 3.05) is 13.1 Å². The number of amides is 2. The summed E-state index contributed by atoms with van der Waals surface area (Å²) in [6.45, 7) is 7.17. The van der Waals surface area contributed by atoms with Gasteiger partial charge >= 0.3 is 6.09 Å². The third kappa shape index (κ3) is 10.7. The van der Waals surface area contributed by atoms with Gasteiger partial charge in [-0.3, -0.25) is 9.59 Å². The van der Waals surface area contributed by atoms with Crippen LogP contribution in [-0.4, -0.2) is 36.5 Å². The highest BCUT2D eigenvalue weighted by Crippen LogP contribution is 2.05. The minimum atomic E-state index is -0.540. The Morgan fingerprint density at radius 1 is 1.06 bits per heavy atom. The molecule has 0 aromatic rings. The Labute approximate surface area is 101 Å². The SMILES string of the molecule is CC(=O)CC(=O)NCCNC(=O)OC(C)(C)C. The van der Waals surface area contributed by atoms with E-state index in [-0.39, 0.29) is 31.2 Å². The summed E-state index contributed by atoms with van der Waals surface area (Å²) >= 11 is 0. The maximum Gasteiger partial charge on any atom is 0.407 e. The van der Waals surface area contributed by atoms with Crippen LogP contribution in [-0.2, 0) is 14.3 Å². The molecular weight excluding hydrogens is 224 g/mol. The molecule has 0 fully saturated rings. The van der Waals surface area contributed by atoms with E-state index in [9.17, 15) is 14.4 Å². The molecule has 0 atom stereocenters. The third-order valence-corrected chi connectivity index (χ3v) is 1.52. The Bertz CT molecular complexity index is 294. The van der Waals surface area contributed by atoms with Crippen molar-refractivity contribution in [1.82, 2.24) is 10.6 Å². The maximum absolute atomic E-state index is 11.2. The number of carbonyl (C=O) groups excluding carboxylic acids is 3. The van der Waals surface area contributed by atoms with Gasteiger partial charge in [-0.1, -0.05) is 0 Å². The lowest BCUT2D eigenvalue weighted by atomic mass is 10.2. The molecule has 0 unspecified atom stereocenters. The number of Topliss-reactive ketones (excluding diaryl/α,β-unsaturated/α-hetero) is 1. The van der Waals surface area contributed by atoms with E-state index in [0.29, 0.717) is 0 Å². The smallest absolute Gasteiger partial charge is 0.407 e. The Hall–Kier alpha value is -1.59. The molecule has 0 aliphatic heterocycles. The normalized spacial score (nSPS) is 10.6. The van der Waals surface area contributed by atoms with Gasteiger partial charge < -0.3 is 15.4 Å². The first-order valence-corrected chi connectivity index (χ1v) is 5.43. The average molecular weight is 244 g/mol. The first kappa shape index (κ1) is 15.4. The number of ketones is 1. The molecule has 0 aliphatic rings. The van der Waals surface area contributed by atoms with Crippen molar-refractivity contribution in [1.29, 1.82) is 0 Å². The summed E-state index contributed by atoms with van der Waals surface area (Å²) in [4.78, 5) is 32.8. The molecule has 0 bridgehead atoms. The monoisotopic (exact) mass is 244 g/mol. The summed E-state index contributed by atoms with van der Waals surface area (Å²) in [6.07, 6.45) is -0.662. The number of alkyl carbamates (subject to hydrolysis) is 1. The molecule has 0 radical (unpaired) electrons. The maximum atomic E-state index is 11.2. The standard InChI is InChI=1S/C11H20N2O4/c1-8(14)7-9(15)12-5-6-13-10(16)17-11(2,3)4/h5-7H2,1-4H3,(H,12,15)(H,13,16). The summed E-state index contributed by atoms with van der Waals surface area (Å²) < 4.78 is 4.99. The van der Waals surface area contributed by atoms with Crippen LogP contribution < -0.4 is 10.6 Å². The Morgan fingerprint density at radius 3 is 2.06 bits per heavy atom. The lowest BCUT2D eigenvalue weighted by Crippen LogP contribution is -2.38. The molecule has 0 spiro atoms. The van der Waals surface area contributed by atoms with Crippen LogP contribution in [0.4, 0.5) is 4.79 Å². The van der Waals surface area contributed by atoms with Gasteiger partial charge in [0, 0.05) is 13.1 Å². The molecule has 0 rings (SSSR count). The van der Waals surface area contributed by atoms with E-state index in [1.807, 2.05) is 0 Å². The molecule has 0 heterocycles. The topological polar surface area (TPSA) is 84.5 Å². The van der Waals surface area contributed by atoms with Crippen LogP contribution in [0.3, 0.4) is 0 Å². The molecule has 0 aromatic carbocycles. The van der Waals surface area contributed by atoms with Crippen LogP contribution in [0.25, 0.3) is 0 Å². The molecule has 6 nitrogen and oxygen atoms in total. The molecule has 0 saturated heterocycles. The highest BCUT2D eigenvalue weighted by molar-refractivity contribution is 5.96.